The van der Waals surface area contributed by atoms with Crippen LogP contribution in [0.5, 0.6) is 0 Å². The van der Waals surface area contributed by atoms with Gasteiger partial charge in [-0.15, -0.1) is 0 Å². The topological polar surface area (TPSA) is 35.2 Å². The van der Waals surface area contributed by atoms with Crippen LogP contribution in [0.1, 0.15) is 53.4 Å². The molecule has 0 aromatic rings. The van der Waals surface area contributed by atoms with Gasteiger partial charge in [0.1, 0.15) is 0 Å². The van der Waals surface area contributed by atoms with E-state index in [9.17, 15) is 0 Å². The highest BCUT2D eigenvalue weighted by Crippen LogP contribution is 2.35. The summed E-state index contributed by atoms with van der Waals surface area (Å²) in [4.78, 5) is 0. The van der Waals surface area contributed by atoms with E-state index in [1.165, 1.54) is 19.3 Å². The fourth-order valence-electron chi connectivity index (χ4n) is 2.87. The van der Waals surface area contributed by atoms with Gasteiger partial charge in [0.15, 0.2) is 0 Å². The fraction of sp³-hybridized carbons (Fsp3) is 1.00. The Morgan fingerprint density at radius 2 is 1.94 bits per heavy atom. The van der Waals surface area contributed by atoms with Crippen molar-refractivity contribution in [2.45, 2.75) is 65.6 Å². The van der Waals surface area contributed by atoms with Gasteiger partial charge in [-0.2, -0.15) is 0 Å². The minimum Gasteiger partial charge on any atom is -0.375 e. The van der Waals surface area contributed by atoms with Crippen molar-refractivity contribution in [1.82, 2.24) is 0 Å². The maximum absolute atomic E-state index is 6.20. The number of ether oxygens (including phenoxy) is 1. The van der Waals surface area contributed by atoms with Crippen LogP contribution < -0.4 is 5.73 Å². The molecule has 1 aliphatic carbocycles. The van der Waals surface area contributed by atoms with Gasteiger partial charge in [0, 0.05) is 0 Å². The lowest BCUT2D eigenvalue weighted by molar-refractivity contribution is -0.0751. The summed E-state index contributed by atoms with van der Waals surface area (Å²) in [5.74, 6) is 2.31. The minimum atomic E-state index is 0.321. The quantitative estimate of drug-likeness (QED) is 0.783. The van der Waals surface area contributed by atoms with Gasteiger partial charge in [0.05, 0.1) is 12.2 Å². The van der Waals surface area contributed by atoms with E-state index in [2.05, 4.69) is 27.7 Å². The average Bonchev–Trinajstić information content (AvgIpc) is 2.17. The first kappa shape index (κ1) is 14.0. The third-order valence-electron chi connectivity index (χ3n) is 3.94. The molecule has 0 aromatic carbocycles. The molecule has 96 valence electrons. The van der Waals surface area contributed by atoms with Crippen molar-refractivity contribution in [3.8, 4) is 0 Å². The van der Waals surface area contributed by atoms with E-state index in [-0.39, 0.29) is 0 Å². The van der Waals surface area contributed by atoms with Gasteiger partial charge in [-0.05, 0) is 50.5 Å². The lowest BCUT2D eigenvalue weighted by atomic mass is 9.75. The lowest BCUT2D eigenvalue weighted by Gasteiger charge is -2.38. The Morgan fingerprint density at radius 3 is 2.50 bits per heavy atom. The Bertz CT molecular complexity index is 193. The van der Waals surface area contributed by atoms with Crippen molar-refractivity contribution >= 4 is 0 Å². The molecule has 16 heavy (non-hydrogen) atoms. The molecule has 0 aliphatic heterocycles. The molecule has 1 rings (SSSR count). The van der Waals surface area contributed by atoms with E-state index in [0.29, 0.717) is 12.2 Å². The molecule has 4 atom stereocenters. The largest absolute Gasteiger partial charge is 0.375 e. The maximum Gasteiger partial charge on any atom is 0.0611 e. The van der Waals surface area contributed by atoms with Crippen LogP contribution >= 0.6 is 0 Å². The molecule has 0 bridgehead atoms. The summed E-state index contributed by atoms with van der Waals surface area (Å²) >= 11 is 0. The predicted octanol–water partition coefficient (Wildman–Crippen LogP) is 3.20. The maximum atomic E-state index is 6.20. The zero-order chi connectivity index (χ0) is 12.1. The van der Waals surface area contributed by atoms with Gasteiger partial charge < -0.3 is 10.5 Å². The summed E-state index contributed by atoms with van der Waals surface area (Å²) in [5, 5.41) is 0. The molecule has 2 nitrogen and oxygen atoms in total. The standard InChI is InChI=1S/C14H29NO/c1-10(2)13-6-5-11(3)9-14(13)16-12(4)7-8-15/h10-14H,5-9,15H2,1-4H3. The minimum absolute atomic E-state index is 0.321. The Morgan fingerprint density at radius 1 is 1.25 bits per heavy atom. The van der Waals surface area contributed by atoms with Gasteiger partial charge in [0.2, 0.25) is 0 Å². The molecule has 0 spiro atoms. The Kier molecular flexibility index (Phi) is 5.77. The average molecular weight is 227 g/mol. The Labute approximate surface area is 101 Å². The molecule has 0 saturated heterocycles. The number of hydrogen-bond acceptors (Lipinski definition) is 2. The number of rotatable bonds is 5. The zero-order valence-electron chi connectivity index (χ0n) is 11.4. The molecule has 4 unspecified atom stereocenters. The zero-order valence-corrected chi connectivity index (χ0v) is 11.4. The van der Waals surface area contributed by atoms with E-state index in [0.717, 1.165) is 30.7 Å². The highest BCUT2D eigenvalue weighted by Gasteiger charge is 2.32. The lowest BCUT2D eigenvalue weighted by Crippen LogP contribution is -2.36. The van der Waals surface area contributed by atoms with Crippen molar-refractivity contribution in [2.24, 2.45) is 23.5 Å². The number of nitrogens with two attached hydrogens (primary N) is 1. The molecular formula is C14H29NO. The van der Waals surface area contributed by atoms with Gasteiger partial charge in [-0.1, -0.05) is 27.2 Å². The Hall–Kier alpha value is -0.0800. The van der Waals surface area contributed by atoms with Crippen LogP contribution in [0.2, 0.25) is 0 Å². The third kappa shape index (κ3) is 4.06. The summed E-state index contributed by atoms with van der Waals surface area (Å²) in [7, 11) is 0. The SMILES string of the molecule is CC1CCC(C(C)C)C(OC(C)CCN)C1. The molecule has 0 amide bonds. The summed E-state index contributed by atoms with van der Waals surface area (Å²) in [5.41, 5.74) is 5.58. The molecule has 0 radical (unpaired) electrons. The van der Waals surface area contributed by atoms with Gasteiger partial charge in [-0.25, -0.2) is 0 Å². The summed E-state index contributed by atoms with van der Waals surface area (Å²) in [6.07, 6.45) is 5.70. The summed E-state index contributed by atoms with van der Waals surface area (Å²) in [6, 6.07) is 0. The Balaban J connectivity index is 2.50. The van der Waals surface area contributed by atoms with Crippen molar-refractivity contribution in [3.63, 3.8) is 0 Å². The molecule has 1 fully saturated rings. The molecular weight excluding hydrogens is 198 g/mol. The smallest absolute Gasteiger partial charge is 0.0611 e. The van der Waals surface area contributed by atoms with E-state index in [4.69, 9.17) is 10.5 Å². The summed E-state index contributed by atoms with van der Waals surface area (Å²) < 4.78 is 6.20. The molecule has 0 heterocycles. The van der Waals surface area contributed by atoms with Gasteiger partial charge in [-0.3, -0.25) is 0 Å². The molecule has 1 saturated carbocycles. The monoisotopic (exact) mass is 227 g/mol. The second kappa shape index (κ2) is 6.61. The van der Waals surface area contributed by atoms with Gasteiger partial charge in [0.25, 0.3) is 0 Å². The van der Waals surface area contributed by atoms with Crippen LogP contribution in [-0.2, 0) is 4.74 Å². The van der Waals surface area contributed by atoms with E-state index < -0.39 is 0 Å². The highest BCUT2D eigenvalue weighted by molar-refractivity contribution is 4.82. The normalized spacial score (nSPS) is 33.0. The van der Waals surface area contributed by atoms with E-state index >= 15 is 0 Å². The first-order valence-electron chi connectivity index (χ1n) is 6.90. The van der Waals surface area contributed by atoms with Crippen molar-refractivity contribution in [3.05, 3.63) is 0 Å². The second-order valence-electron chi connectivity index (χ2n) is 5.89. The van der Waals surface area contributed by atoms with Crippen molar-refractivity contribution in [1.29, 1.82) is 0 Å². The van der Waals surface area contributed by atoms with E-state index in [1.807, 2.05) is 0 Å². The first-order chi connectivity index (χ1) is 7.54. The molecule has 2 heteroatoms. The van der Waals surface area contributed by atoms with Crippen LogP contribution in [0, 0.1) is 17.8 Å². The van der Waals surface area contributed by atoms with Crippen LogP contribution in [0.3, 0.4) is 0 Å². The molecule has 2 N–H and O–H groups in total. The first-order valence-corrected chi connectivity index (χ1v) is 6.90. The van der Waals surface area contributed by atoms with Crippen LogP contribution in [0.15, 0.2) is 0 Å². The van der Waals surface area contributed by atoms with Crippen LogP contribution in [0.4, 0.5) is 0 Å². The fourth-order valence-corrected chi connectivity index (χ4v) is 2.87. The van der Waals surface area contributed by atoms with Crippen LogP contribution in [0.25, 0.3) is 0 Å². The van der Waals surface area contributed by atoms with Crippen molar-refractivity contribution in [2.75, 3.05) is 6.54 Å². The van der Waals surface area contributed by atoms with Crippen molar-refractivity contribution < 1.29 is 4.74 Å². The number of hydrogen-bond donors (Lipinski definition) is 1. The molecule has 0 aromatic heterocycles. The predicted molar refractivity (Wildman–Crippen MR) is 69.3 cm³/mol. The summed E-state index contributed by atoms with van der Waals surface area (Å²) in [6.45, 7) is 9.88. The highest BCUT2D eigenvalue weighted by atomic mass is 16.5. The third-order valence-corrected chi connectivity index (χ3v) is 3.94. The van der Waals surface area contributed by atoms with Gasteiger partial charge >= 0.3 is 0 Å². The second-order valence-corrected chi connectivity index (χ2v) is 5.89. The molecule has 1 aliphatic rings. The van der Waals surface area contributed by atoms with E-state index in [1.54, 1.807) is 0 Å². The van der Waals surface area contributed by atoms with Crippen LogP contribution in [-0.4, -0.2) is 18.8 Å².